The summed E-state index contributed by atoms with van der Waals surface area (Å²) in [7, 11) is 0. The molecule has 1 heterocycles. The van der Waals surface area contributed by atoms with E-state index >= 15 is 0 Å². The van der Waals surface area contributed by atoms with Crippen LogP contribution in [0.25, 0.3) is 6.08 Å². The minimum atomic E-state index is -1.35. The van der Waals surface area contributed by atoms with E-state index in [2.05, 4.69) is 0 Å². The van der Waals surface area contributed by atoms with Gasteiger partial charge in [0, 0.05) is 6.07 Å². The van der Waals surface area contributed by atoms with Crippen molar-refractivity contribution in [3.05, 3.63) is 68.6 Å². The van der Waals surface area contributed by atoms with Crippen LogP contribution in [0.15, 0.2) is 47.4 Å². The molecule has 2 aromatic rings. The lowest BCUT2D eigenvalue weighted by Gasteiger charge is -2.15. The Morgan fingerprint density at radius 2 is 1.96 bits per heavy atom. The molecule has 27 heavy (non-hydrogen) atoms. The highest BCUT2D eigenvalue weighted by molar-refractivity contribution is 8.27. The number of nitro groups is 1. The molecule has 1 amide bonds. The largest absolute Gasteiger partial charge is 0.507 e. The Morgan fingerprint density at radius 3 is 2.63 bits per heavy atom. The third kappa shape index (κ3) is 3.52. The maximum atomic E-state index is 12.7. The van der Waals surface area contributed by atoms with Crippen molar-refractivity contribution in [3.8, 4) is 5.75 Å². The first kappa shape index (κ1) is 18.5. The van der Waals surface area contributed by atoms with Crippen molar-refractivity contribution in [2.75, 3.05) is 4.90 Å². The zero-order chi connectivity index (χ0) is 19.7. The summed E-state index contributed by atoms with van der Waals surface area (Å²) in [6.45, 7) is 0. The molecule has 0 radical (unpaired) electrons. The highest BCUT2D eigenvalue weighted by atomic mass is 32.2. The van der Waals surface area contributed by atoms with Crippen LogP contribution in [0, 0.1) is 10.1 Å². The highest BCUT2D eigenvalue weighted by Crippen LogP contribution is 2.38. The summed E-state index contributed by atoms with van der Waals surface area (Å²) < 4.78 is 0.145. The smallest absolute Gasteiger partial charge is 0.339 e. The molecule has 8 nitrogen and oxygen atoms in total. The van der Waals surface area contributed by atoms with E-state index in [1.807, 2.05) is 0 Å². The second-order valence-corrected chi connectivity index (χ2v) is 7.02. The monoisotopic (exact) mass is 402 g/mol. The molecule has 3 rings (SSSR count). The first-order chi connectivity index (χ1) is 12.8. The number of phenols is 1. The Kier molecular flexibility index (Phi) is 4.93. The Balaban J connectivity index is 2.01. The first-order valence-corrected chi connectivity index (χ1v) is 8.59. The molecular formula is C17H10N2O6S2. The molecule has 0 unspecified atom stereocenters. The summed E-state index contributed by atoms with van der Waals surface area (Å²) in [6.07, 6.45) is 1.37. The molecule has 1 aliphatic rings. The SMILES string of the molecule is O=C(O)c1cc(N2C(=O)/C(=C/c3ccccc3[N+](=O)[O-])SC2=S)ccc1O. The maximum Gasteiger partial charge on any atom is 0.339 e. The molecular weight excluding hydrogens is 392 g/mol. The molecule has 0 spiro atoms. The van der Waals surface area contributed by atoms with Crippen LogP contribution in [-0.2, 0) is 4.79 Å². The van der Waals surface area contributed by atoms with Crippen LogP contribution in [0.4, 0.5) is 11.4 Å². The Hall–Kier alpha value is -3.24. The molecule has 0 bridgehead atoms. The van der Waals surface area contributed by atoms with E-state index in [9.17, 15) is 24.8 Å². The number of thioether (sulfide) groups is 1. The fourth-order valence-electron chi connectivity index (χ4n) is 2.44. The van der Waals surface area contributed by atoms with Crippen molar-refractivity contribution < 1.29 is 24.7 Å². The number of carboxylic acids is 1. The molecule has 136 valence electrons. The summed E-state index contributed by atoms with van der Waals surface area (Å²) in [5.74, 6) is -2.33. The van der Waals surface area contributed by atoms with E-state index in [4.69, 9.17) is 17.3 Å². The number of hydrogen-bond acceptors (Lipinski definition) is 7. The fourth-order valence-corrected chi connectivity index (χ4v) is 3.73. The van der Waals surface area contributed by atoms with Crippen LogP contribution >= 0.6 is 24.0 Å². The van der Waals surface area contributed by atoms with Crippen molar-refractivity contribution in [2.24, 2.45) is 0 Å². The highest BCUT2D eigenvalue weighted by Gasteiger charge is 2.34. The predicted octanol–water partition coefficient (Wildman–Crippen LogP) is 3.40. The molecule has 0 aliphatic carbocycles. The molecule has 1 saturated heterocycles. The molecule has 2 aromatic carbocycles. The number of rotatable bonds is 4. The Labute approximate surface area is 161 Å². The minimum absolute atomic E-state index is 0.145. The number of carbonyl (C=O) groups is 2. The fraction of sp³-hybridized carbons (Fsp3) is 0. The second kappa shape index (κ2) is 7.17. The summed E-state index contributed by atoms with van der Waals surface area (Å²) in [4.78, 5) is 35.8. The van der Waals surface area contributed by atoms with Crippen LogP contribution < -0.4 is 4.90 Å². The van der Waals surface area contributed by atoms with Gasteiger partial charge in [-0.1, -0.05) is 36.1 Å². The van der Waals surface area contributed by atoms with Crippen molar-refractivity contribution in [1.29, 1.82) is 0 Å². The van der Waals surface area contributed by atoms with E-state index in [0.29, 0.717) is 0 Å². The number of carboxylic acid groups (broad SMARTS) is 1. The first-order valence-electron chi connectivity index (χ1n) is 7.37. The van der Waals surface area contributed by atoms with Gasteiger partial charge >= 0.3 is 5.97 Å². The van der Waals surface area contributed by atoms with Gasteiger partial charge < -0.3 is 10.2 Å². The van der Waals surface area contributed by atoms with Crippen molar-refractivity contribution >= 4 is 57.6 Å². The molecule has 2 N–H and O–H groups in total. The zero-order valence-corrected chi connectivity index (χ0v) is 15.0. The number of thiocarbonyl (C=S) groups is 1. The van der Waals surface area contributed by atoms with Crippen LogP contribution in [0.1, 0.15) is 15.9 Å². The van der Waals surface area contributed by atoms with E-state index < -0.39 is 22.5 Å². The normalized spacial score (nSPS) is 15.4. The van der Waals surface area contributed by atoms with Crippen LogP contribution in [0.3, 0.4) is 0 Å². The van der Waals surface area contributed by atoms with Crippen LogP contribution in [0.2, 0.25) is 0 Å². The van der Waals surface area contributed by atoms with Gasteiger partial charge in [-0.15, -0.1) is 0 Å². The molecule has 0 atom stereocenters. The third-order valence-corrected chi connectivity index (χ3v) is 4.98. The lowest BCUT2D eigenvalue weighted by atomic mass is 10.1. The molecule has 1 fully saturated rings. The summed E-state index contributed by atoms with van der Waals surface area (Å²) in [6, 6.07) is 9.61. The lowest BCUT2D eigenvalue weighted by molar-refractivity contribution is -0.385. The molecule has 0 saturated carbocycles. The Bertz CT molecular complexity index is 1030. The number of nitrogens with zero attached hydrogens (tertiary/aromatic N) is 2. The van der Waals surface area contributed by atoms with Gasteiger partial charge in [-0.05, 0) is 30.3 Å². The van der Waals surface area contributed by atoms with Gasteiger partial charge in [0.2, 0.25) is 0 Å². The number of aromatic hydroxyl groups is 1. The van der Waals surface area contributed by atoms with Gasteiger partial charge in [-0.3, -0.25) is 19.8 Å². The van der Waals surface area contributed by atoms with E-state index in [1.54, 1.807) is 6.07 Å². The lowest BCUT2D eigenvalue weighted by Crippen LogP contribution is -2.27. The predicted molar refractivity (Wildman–Crippen MR) is 104 cm³/mol. The van der Waals surface area contributed by atoms with Crippen molar-refractivity contribution in [1.82, 2.24) is 0 Å². The van der Waals surface area contributed by atoms with Gasteiger partial charge in [0.05, 0.1) is 21.1 Å². The summed E-state index contributed by atoms with van der Waals surface area (Å²) in [5, 5.41) is 29.9. The van der Waals surface area contributed by atoms with E-state index in [-0.39, 0.29) is 31.7 Å². The van der Waals surface area contributed by atoms with E-state index in [1.165, 1.54) is 30.3 Å². The second-order valence-electron chi connectivity index (χ2n) is 5.34. The van der Waals surface area contributed by atoms with Gasteiger partial charge in [0.1, 0.15) is 11.3 Å². The quantitative estimate of drug-likeness (QED) is 0.345. The van der Waals surface area contributed by atoms with Gasteiger partial charge in [0.25, 0.3) is 11.6 Å². The molecule has 1 aliphatic heterocycles. The van der Waals surface area contributed by atoms with Crippen LogP contribution in [0.5, 0.6) is 5.75 Å². The summed E-state index contributed by atoms with van der Waals surface area (Å²) >= 11 is 6.15. The van der Waals surface area contributed by atoms with Gasteiger partial charge in [-0.2, -0.15) is 0 Å². The number of benzene rings is 2. The number of para-hydroxylation sites is 1. The zero-order valence-electron chi connectivity index (χ0n) is 13.4. The maximum absolute atomic E-state index is 12.7. The van der Waals surface area contributed by atoms with Crippen molar-refractivity contribution in [3.63, 3.8) is 0 Å². The number of anilines is 1. The number of amides is 1. The van der Waals surface area contributed by atoms with Crippen molar-refractivity contribution in [2.45, 2.75) is 0 Å². The molecule has 0 aromatic heterocycles. The van der Waals surface area contributed by atoms with E-state index in [0.717, 1.165) is 28.8 Å². The van der Waals surface area contributed by atoms with Gasteiger partial charge in [0.15, 0.2) is 4.32 Å². The van der Waals surface area contributed by atoms with Gasteiger partial charge in [-0.25, -0.2) is 4.79 Å². The number of carbonyl (C=O) groups excluding carboxylic acids is 1. The minimum Gasteiger partial charge on any atom is -0.507 e. The number of nitro benzene ring substituents is 1. The summed E-state index contributed by atoms with van der Waals surface area (Å²) in [5.41, 5.74) is -0.0941. The third-order valence-electron chi connectivity index (χ3n) is 3.68. The standard InChI is InChI=1S/C17H10N2O6S2/c20-13-6-5-10(8-11(13)16(22)23)18-15(21)14(27-17(18)26)7-9-3-1-2-4-12(9)19(24)25/h1-8,20H,(H,22,23)/b14-7-. The average molecular weight is 402 g/mol. The van der Waals surface area contributed by atoms with Crippen LogP contribution in [-0.4, -0.2) is 31.3 Å². The number of hydrogen-bond donors (Lipinski definition) is 2. The topological polar surface area (TPSA) is 121 Å². The average Bonchev–Trinajstić information content (AvgIpc) is 2.89. The molecule has 10 heteroatoms. The Morgan fingerprint density at radius 1 is 1.26 bits per heavy atom. The number of aromatic carboxylic acids is 1.